The highest BCUT2D eigenvalue weighted by Crippen LogP contribution is 2.40. The van der Waals surface area contributed by atoms with Crippen molar-refractivity contribution in [2.45, 2.75) is 0 Å². The molecule has 7 rings (SSSR count). The van der Waals surface area contributed by atoms with E-state index >= 15 is 0 Å². The standard InChI is InChI=1S/C29H18N2/c1-3-11-21-19(9-1)20-10-2-4-12-22(20)25-18-28-26(17-24(21)25)23-13-5-6-14-27(23)31(28)29-15-7-8-16-30-29/h1-18H. The van der Waals surface area contributed by atoms with E-state index < -0.39 is 0 Å². The zero-order valence-corrected chi connectivity index (χ0v) is 16.8. The molecule has 2 heteroatoms. The highest BCUT2D eigenvalue weighted by Gasteiger charge is 2.16. The van der Waals surface area contributed by atoms with Crippen LogP contribution in [0.15, 0.2) is 109 Å². The second-order valence-corrected chi connectivity index (χ2v) is 8.05. The second-order valence-electron chi connectivity index (χ2n) is 8.05. The van der Waals surface area contributed by atoms with E-state index in [9.17, 15) is 0 Å². The van der Waals surface area contributed by atoms with Crippen molar-refractivity contribution in [1.29, 1.82) is 0 Å². The fourth-order valence-electron chi connectivity index (χ4n) is 5.10. The van der Waals surface area contributed by atoms with Crippen LogP contribution in [0.4, 0.5) is 0 Å². The van der Waals surface area contributed by atoms with E-state index in [2.05, 4.69) is 101 Å². The summed E-state index contributed by atoms with van der Waals surface area (Å²) in [4.78, 5) is 4.68. The van der Waals surface area contributed by atoms with Crippen molar-refractivity contribution in [3.63, 3.8) is 0 Å². The topological polar surface area (TPSA) is 17.8 Å². The van der Waals surface area contributed by atoms with Crippen molar-refractivity contribution in [2.75, 3.05) is 0 Å². The normalized spacial score (nSPS) is 11.9. The SMILES string of the molecule is c1ccc(-n2c3ccccc3c3cc4c5ccccc5c5ccccc5c4cc32)nc1. The third kappa shape index (κ3) is 2.25. The molecule has 0 atom stereocenters. The number of nitrogens with zero attached hydrogens (tertiary/aromatic N) is 2. The van der Waals surface area contributed by atoms with E-state index in [1.807, 2.05) is 18.3 Å². The van der Waals surface area contributed by atoms with E-state index in [1.54, 1.807) is 0 Å². The third-order valence-corrected chi connectivity index (χ3v) is 6.41. The van der Waals surface area contributed by atoms with Gasteiger partial charge in [-0.15, -0.1) is 0 Å². The lowest BCUT2D eigenvalue weighted by Gasteiger charge is -2.12. The lowest BCUT2D eigenvalue weighted by molar-refractivity contribution is 1.08. The summed E-state index contributed by atoms with van der Waals surface area (Å²) in [6, 6.07) is 36.9. The number of aromatic nitrogens is 2. The molecule has 0 radical (unpaired) electrons. The third-order valence-electron chi connectivity index (χ3n) is 6.41. The molecule has 0 aliphatic carbocycles. The first-order valence-corrected chi connectivity index (χ1v) is 10.6. The molecule has 2 nitrogen and oxygen atoms in total. The molecule has 2 aromatic heterocycles. The maximum absolute atomic E-state index is 4.68. The van der Waals surface area contributed by atoms with E-state index in [0.29, 0.717) is 0 Å². The Labute approximate surface area is 179 Å². The number of benzene rings is 5. The number of pyridine rings is 1. The summed E-state index contributed by atoms with van der Waals surface area (Å²) in [7, 11) is 0. The Bertz CT molecular complexity index is 1780. The molecule has 0 unspecified atom stereocenters. The van der Waals surface area contributed by atoms with Crippen LogP contribution in [0.25, 0.3) is 59.9 Å². The van der Waals surface area contributed by atoms with Gasteiger partial charge in [-0.1, -0.05) is 72.8 Å². The summed E-state index contributed by atoms with van der Waals surface area (Å²) >= 11 is 0. The molecule has 0 saturated carbocycles. The van der Waals surface area contributed by atoms with Gasteiger partial charge in [-0.2, -0.15) is 0 Å². The minimum Gasteiger partial charge on any atom is -0.294 e. The lowest BCUT2D eigenvalue weighted by Crippen LogP contribution is -1.96. The quantitative estimate of drug-likeness (QED) is 0.262. The van der Waals surface area contributed by atoms with Crippen LogP contribution in [0.3, 0.4) is 0 Å². The van der Waals surface area contributed by atoms with Gasteiger partial charge in [-0.05, 0) is 62.6 Å². The molecule has 0 spiro atoms. The van der Waals surface area contributed by atoms with Gasteiger partial charge in [0.2, 0.25) is 0 Å². The number of hydrogen-bond acceptors (Lipinski definition) is 1. The van der Waals surface area contributed by atoms with Crippen molar-refractivity contribution in [1.82, 2.24) is 9.55 Å². The molecule has 0 amide bonds. The molecule has 0 aliphatic heterocycles. The first-order valence-electron chi connectivity index (χ1n) is 10.6. The average Bonchev–Trinajstić information content (AvgIpc) is 3.17. The molecule has 2 heterocycles. The first-order chi connectivity index (χ1) is 15.4. The Morgan fingerprint density at radius 2 is 0.968 bits per heavy atom. The van der Waals surface area contributed by atoms with Gasteiger partial charge in [0.1, 0.15) is 5.82 Å². The van der Waals surface area contributed by atoms with Gasteiger partial charge in [0, 0.05) is 17.0 Å². The summed E-state index contributed by atoms with van der Waals surface area (Å²) < 4.78 is 2.29. The van der Waals surface area contributed by atoms with Gasteiger partial charge in [0.25, 0.3) is 0 Å². The van der Waals surface area contributed by atoms with Crippen molar-refractivity contribution in [3.05, 3.63) is 109 Å². The van der Waals surface area contributed by atoms with Crippen LogP contribution in [0.2, 0.25) is 0 Å². The zero-order chi connectivity index (χ0) is 20.4. The summed E-state index contributed by atoms with van der Waals surface area (Å²) in [6.45, 7) is 0. The van der Waals surface area contributed by atoms with E-state index in [-0.39, 0.29) is 0 Å². The van der Waals surface area contributed by atoms with E-state index in [0.717, 1.165) is 5.82 Å². The maximum Gasteiger partial charge on any atom is 0.137 e. The minimum absolute atomic E-state index is 0.943. The predicted octanol–water partition coefficient (Wildman–Crippen LogP) is 7.64. The summed E-state index contributed by atoms with van der Waals surface area (Å²) in [5.41, 5.74) is 2.37. The monoisotopic (exact) mass is 394 g/mol. The maximum atomic E-state index is 4.68. The molecule has 0 saturated heterocycles. The Balaban J connectivity index is 1.78. The van der Waals surface area contributed by atoms with Gasteiger partial charge in [-0.3, -0.25) is 4.57 Å². The highest BCUT2D eigenvalue weighted by molar-refractivity contribution is 6.28. The molecular formula is C29H18N2. The van der Waals surface area contributed by atoms with Crippen LogP contribution in [0.1, 0.15) is 0 Å². The van der Waals surface area contributed by atoms with Crippen LogP contribution in [-0.4, -0.2) is 9.55 Å². The number of para-hydroxylation sites is 1. The van der Waals surface area contributed by atoms with Crippen molar-refractivity contribution in [2.24, 2.45) is 0 Å². The Hall–Kier alpha value is -4.17. The van der Waals surface area contributed by atoms with Gasteiger partial charge in [-0.25, -0.2) is 4.98 Å². The molecule has 0 N–H and O–H groups in total. The molecule has 31 heavy (non-hydrogen) atoms. The largest absolute Gasteiger partial charge is 0.294 e. The second kappa shape index (κ2) is 6.16. The Kier molecular flexibility index (Phi) is 3.30. The predicted molar refractivity (Wildman–Crippen MR) is 131 cm³/mol. The Morgan fingerprint density at radius 3 is 1.61 bits per heavy atom. The fraction of sp³-hybridized carbons (Fsp3) is 0. The molecule has 0 bridgehead atoms. The van der Waals surface area contributed by atoms with E-state index in [1.165, 1.54) is 54.1 Å². The zero-order valence-electron chi connectivity index (χ0n) is 16.8. The van der Waals surface area contributed by atoms with Gasteiger partial charge in [0.05, 0.1) is 11.0 Å². The smallest absolute Gasteiger partial charge is 0.137 e. The van der Waals surface area contributed by atoms with E-state index in [4.69, 9.17) is 0 Å². The molecule has 144 valence electrons. The molecule has 0 aliphatic rings. The minimum atomic E-state index is 0.943. The van der Waals surface area contributed by atoms with Crippen LogP contribution >= 0.6 is 0 Å². The van der Waals surface area contributed by atoms with Crippen LogP contribution in [0, 0.1) is 0 Å². The number of fused-ring (bicyclic) bond motifs is 9. The number of hydrogen-bond donors (Lipinski definition) is 0. The summed E-state index contributed by atoms with van der Waals surface area (Å²) in [5.74, 6) is 0.943. The fourth-order valence-corrected chi connectivity index (χ4v) is 5.10. The van der Waals surface area contributed by atoms with Gasteiger partial charge >= 0.3 is 0 Å². The molecule has 7 aromatic rings. The van der Waals surface area contributed by atoms with Crippen molar-refractivity contribution < 1.29 is 0 Å². The van der Waals surface area contributed by atoms with Crippen LogP contribution < -0.4 is 0 Å². The highest BCUT2D eigenvalue weighted by atomic mass is 15.1. The average molecular weight is 394 g/mol. The molecule has 0 fully saturated rings. The molecule has 5 aromatic carbocycles. The van der Waals surface area contributed by atoms with Gasteiger partial charge < -0.3 is 0 Å². The van der Waals surface area contributed by atoms with Crippen LogP contribution in [0.5, 0.6) is 0 Å². The van der Waals surface area contributed by atoms with Crippen LogP contribution in [-0.2, 0) is 0 Å². The molecular weight excluding hydrogens is 376 g/mol. The van der Waals surface area contributed by atoms with Crippen molar-refractivity contribution in [3.8, 4) is 5.82 Å². The van der Waals surface area contributed by atoms with Crippen molar-refractivity contribution >= 4 is 54.1 Å². The lowest BCUT2D eigenvalue weighted by atomic mass is 9.93. The summed E-state index contributed by atoms with van der Waals surface area (Å²) in [5, 5.41) is 10.3. The Morgan fingerprint density at radius 1 is 0.419 bits per heavy atom. The number of rotatable bonds is 1. The first kappa shape index (κ1) is 16.6. The van der Waals surface area contributed by atoms with Gasteiger partial charge in [0.15, 0.2) is 0 Å². The summed E-state index contributed by atoms with van der Waals surface area (Å²) in [6.07, 6.45) is 1.86.